The average molecular weight is 305 g/mol. The van der Waals surface area contributed by atoms with Crippen molar-refractivity contribution in [3.05, 3.63) is 12.4 Å². The van der Waals surface area contributed by atoms with Gasteiger partial charge in [-0.15, -0.1) is 0 Å². The lowest BCUT2D eigenvalue weighted by Crippen LogP contribution is -2.36. The second kappa shape index (κ2) is 7.74. The molecule has 1 atom stereocenters. The SMILES string of the molecule is CCCN1CCC(CNc2cc(N3CCOCC3)ncn2)C1. The summed E-state index contributed by atoms with van der Waals surface area (Å²) in [7, 11) is 0. The summed E-state index contributed by atoms with van der Waals surface area (Å²) in [6.45, 7) is 10.3. The van der Waals surface area contributed by atoms with Crippen LogP contribution in [0.4, 0.5) is 11.6 Å². The standard InChI is InChI=1S/C16H27N5O/c1-2-4-20-5-3-14(12-20)11-17-15-10-16(19-13-18-15)21-6-8-22-9-7-21/h10,13-14H,2-9,11-12H2,1H3,(H,17,18,19). The number of nitrogens with one attached hydrogen (secondary N) is 1. The van der Waals surface area contributed by atoms with E-state index in [1.54, 1.807) is 6.33 Å². The number of morpholine rings is 1. The van der Waals surface area contributed by atoms with Gasteiger partial charge in [-0.25, -0.2) is 9.97 Å². The van der Waals surface area contributed by atoms with Gasteiger partial charge in [0.15, 0.2) is 0 Å². The van der Waals surface area contributed by atoms with Gasteiger partial charge in [0.05, 0.1) is 13.2 Å². The molecule has 2 saturated heterocycles. The molecular formula is C16H27N5O. The lowest BCUT2D eigenvalue weighted by Gasteiger charge is -2.27. The molecule has 0 aromatic carbocycles. The quantitative estimate of drug-likeness (QED) is 0.859. The number of hydrogen-bond acceptors (Lipinski definition) is 6. The molecule has 0 radical (unpaired) electrons. The monoisotopic (exact) mass is 305 g/mol. The van der Waals surface area contributed by atoms with Crippen molar-refractivity contribution in [2.75, 3.05) is 62.7 Å². The Morgan fingerprint density at radius 2 is 2.14 bits per heavy atom. The van der Waals surface area contributed by atoms with Crippen LogP contribution < -0.4 is 10.2 Å². The largest absolute Gasteiger partial charge is 0.378 e. The third-order valence-electron chi connectivity index (χ3n) is 4.47. The van der Waals surface area contributed by atoms with Crippen LogP contribution in [0.25, 0.3) is 0 Å². The van der Waals surface area contributed by atoms with E-state index in [2.05, 4.69) is 38.1 Å². The molecule has 2 aliphatic heterocycles. The first kappa shape index (κ1) is 15.5. The van der Waals surface area contributed by atoms with Gasteiger partial charge >= 0.3 is 0 Å². The molecule has 0 bridgehead atoms. The minimum Gasteiger partial charge on any atom is -0.378 e. The van der Waals surface area contributed by atoms with Crippen molar-refractivity contribution in [2.24, 2.45) is 5.92 Å². The maximum atomic E-state index is 5.39. The molecule has 0 saturated carbocycles. The Balaban J connectivity index is 1.50. The van der Waals surface area contributed by atoms with Crippen LogP contribution in [-0.2, 0) is 4.74 Å². The number of likely N-dealkylation sites (tertiary alicyclic amines) is 1. The minimum atomic E-state index is 0.730. The third-order valence-corrected chi connectivity index (χ3v) is 4.47. The van der Waals surface area contributed by atoms with E-state index in [0.29, 0.717) is 0 Å². The summed E-state index contributed by atoms with van der Waals surface area (Å²) < 4.78 is 5.39. The van der Waals surface area contributed by atoms with Crippen LogP contribution in [0.15, 0.2) is 12.4 Å². The van der Waals surface area contributed by atoms with Gasteiger partial charge in [-0.2, -0.15) is 0 Å². The molecule has 3 rings (SSSR count). The maximum Gasteiger partial charge on any atom is 0.134 e. The minimum absolute atomic E-state index is 0.730. The predicted molar refractivity (Wildman–Crippen MR) is 88.4 cm³/mol. The van der Waals surface area contributed by atoms with E-state index in [1.807, 2.05) is 0 Å². The van der Waals surface area contributed by atoms with Crippen LogP contribution in [0.2, 0.25) is 0 Å². The van der Waals surface area contributed by atoms with Gasteiger partial charge in [0.25, 0.3) is 0 Å². The van der Waals surface area contributed by atoms with E-state index in [1.165, 1.54) is 32.5 Å². The lowest BCUT2D eigenvalue weighted by molar-refractivity contribution is 0.122. The molecule has 1 aromatic heterocycles. The van der Waals surface area contributed by atoms with E-state index in [4.69, 9.17) is 4.74 Å². The Hall–Kier alpha value is -1.40. The molecule has 2 fully saturated rings. The summed E-state index contributed by atoms with van der Waals surface area (Å²) in [6.07, 6.45) is 4.19. The van der Waals surface area contributed by atoms with E-state index in [9.17, 15) is 0 Å². The Kier molecular flexibility index (Phi) is 5.45. The van der Waals surface area contributed by atoms with Crippen molar-refractivity contribution in [3.63, 3.8) is 0 Å². The van der Waals surface area contributed by atoms with E-state index >= 15 is 0 Å². The highest BCUT2D eigenvalue weighted by Crippen LogP contribution is 2.19. The summed E-state index contributed by atoms with van der Waals surface area (Å²) in [5, 5.41) is 3.49. The molecule has 0 spiro atoms. The molecule has 6 nitrogen and oxygen atoms in total. The number of nitrogens with zero attached hydrogens (tertiary/aromatic N) is 4. The van der Waals surface area contributed by atoms with Crippen molar-refractivity contribution in [2.45, 2.75) is 19.8 Å². The molecule has 0 aliphatic carbocycles. The van der Waals surface area contributed by atoms with Gasteiger partial charge in [0, 0.05) is 32.2 Å². The molecule has 0 amide bonds. The first-order valence-electron chi connectivity index (χ1n) is 8.46. The number of ether oxygens (including phenoxy) is 1. The predicted octanol–water partition coefficient (Wildman–Crippen LogP) is 1.46. The highest BCUT2D eigenvalue weighted by atomic mass is 16.5. The van der Waals surface area contributed by atoms with Gasteiger partial charge < -0.3 is 19.9 Å². The molecule has 1 unspecified atom stereocenters. The van der Waals surface area contributed by atoms with Gasteiger partial charge in [-0.1, -0.05) is 6.92 Å². The fourth-order valence-corrected chi connectivity index (χ4v) is 3.26. The third kappa shape index (κ3) is 4.08. The molecular weight excluding hydrogens is 278 g/mol. The Morgan fingerprint density at radius 1 is 1.27 bits per heavy atom. The van der Waals surface area contributed by atoms with Gasteiger partial charge in [-0.05, 0) is 31.8 Å². The summed E-state index contributed by atoms with van der Waals surface area (Å²) in [6, 6.07) is 2.06. The molecule has 1 N–H and O–H groups in total. The molecule has 3 heterocycles. The Bertz CT molecular complexity index is 464. The topological polar surface area (TPSA) is 53.5 Å². The van der Waals surface area contributed by atoms with Gasteiger partial charge in [-0.3, -0.25) is 0 Å². The van der Waals surface area contributed by atoms with Crippen LogP contribution >= 0.6 is 0 Å². The highest BCUT2D eigenvalue weighted by Gasteiger charge is 2.21. The zero-order valence-corrected chi connectivity index (χ0v) is 13.5. The molecule has 6 heteroatoms. The first-order chi connectivity index (χ1) is 10.8. The van der Waals surface area contributed by atoms with Crippen molar-refractivity contribution < 1.29 is 4.74 Å². The first-order valence-corrected chi connectivity index (χ1v) is 8.46. The zero-order chi connectivity index (χ0) is 15.2. The molecule has 1 aromatic rings. The number of aromatic nitrogens is 2. The second-order valence-electron chi connectivity index (χ2n) is 6.20. The van der Waals surface area contributed by atoms with Crippen LogP contribution in [-0.4, -0.2) is 67.4 Å². The average Bonchev–Trinajstić information content (AvgIpc) is 3.02. The highest BCUT2D eigenvalue weighted by molar-refractivity contribution is 5.48. The maximum absolute atomic E-state index is 5.39. The van der Waals surface area contributed by atoms with Crippen LogP contribution in [0, 0.1) is 5.92 Å². The van der Waals surface area contributed by atoms with Crippen molar-refractivity contribution in [1.29, 1.82) is 0 Å². The summed E-state index contributed by atoms with van der Waals surface area (Å²) >= 11 is 0. The van der Waals surface area contributed by atoms with Crippen LogP contribution in [0.3, 0.4) is 0 Å². The lowest BCUT2D eigenvalue weighted by atomic mass is 10.1. The molecule has 2 aliphatic rings. The fourth-order valence-electron chi connectivity index (χ4n) is 3.26. The molecule has 122 valence electrons. The molecule has 22 heavy (non-hydrogen) atoms. The summed E-state index contributed by atoms with van der Waals surface area (Å²) in [4.78, 5) is 13.6. The van der Waals surface area contributed by atoms with Crippen molar-refractivity contribution >= 4 is 11.6 Å². The fraction of sp³-hybridized carbons (Fsp3) is 0.750. The Labute approximate surface area is 132 Å². The zero-order valence-electron chi connectivity index (χ0n) is 13.5. The normalized spacial score (nSPS) is 23.0. The van der Waals surface area contributed by atoms with Gasteiger partial charge in [0.2, 0.25) is 0 Å². The van der Waals surface area contributed by atoms with Crippen molar-refractivity contribution in [1.82, 2.24) is 14.9 Å². The number of hydrogen-bond donors (Lipinski definition) is 1. The number of anilines is 2. The smallest absolute Gasteiger partial charge is 0.134 e. The number of rotatable bonds is 6. The van der Waals surface area contributed by atoms with E-state index in [0.717, 1.165) is 50.4 Å². The van der Waals surface area contributed by atoms with Gasteiger partial charge in [0.1, 0.15) is 18.0 Å². The second-order valence-corrected chi connectivity index (χ2v) is 6.20. The van der Waals surface area contributed by atoms with Crippen LogP contribution in [0.5, 0.6) is 0 Å². The Morgan fingerprint density at radius 3 is 2.95 bits per heavy atom. The van der Waals surface area contributed by atoms with Crippen molar-refractivity contribution in [3.8, 4) is 0 Å². The van der Waals surface area contributed by atoms with E-state index < -0.39 is 0 Å². The summed E-state index contributed by atoms with van der Waals surface area (Å²) in [5.74, 6) is 2.67. The van der Waals surface area contributed by atoms with E-state index in [-0.39, 0.29) is 0 Å². The van der Waals surface area contributed by atoms with Crippen LogP contribution in [0.1, 0.15) is 19.8 Å². The summed E-state index contributed by atoms with van der Waals surface area (Å²) in [5.41, 5.74) is 0.